The van der Waals surface area contributed by atoms with E-state index in [-0.39, 0.29) is 10.8 Å². The van der Waals surface area contributed by atoms with Crippen molar-refractivity contribution < 1.29 is 0 Å². The molecule has 24 heavy (non-hydrogen) atoms. The van der Waals surface area contributed by atoms with Gasteiger partial charge in [0.05, 0.1) is 0 Å². The van der Waals surface area contributed by atoms with E-state index >= 15 is 0 Å². The van der Waals surface area contributed by atoms with Gasteiger partial charge in [-0.15, -0.1) is 0 Å². The van der Waals surface area contributed by atoms with E-state index in [0.717, 1.165) is 0 Å². The Kier molecular flexibility index (Phi) is 9.04. The van der Waals surface area contributed by atoms with Gasteiger partial charge in [-0.1, -0.05) is 118 Å². The van der Waals surface area contributed by atoms with E-state index in [1.807, 2.05) is 27.7 Å². The molecule has 0 unspecified atom stereocenters. The average Bonchev–Trinajstić information content (AvgIpc) is 2.57. The van der Waals surface area contributed by atoms with Crippen LogP contribution in [0.25, 0.3) is 11.1 Å². The Balaban J connectivity index is 0.00000123. The fourth-order valence-corrected chi connectivity index (χ4v) is 2.33. The summed E-state index contributed by atoms with van der Waals surface area (Å²) in [5, 5.41) is 0. The van der Waals surface area contributed by atoms with Gasteiger partial charge < -0.3 is 0 Å². The van der Waals surface area contributed by atoms with Crippen molar-refractivity contribution in [1.29, 1.82) is 0 Å². The molecule has 0 aliphatic heterocycles. The van der Waals surface area contributed by atoms with Crippen LogP contribution in [-0.4, -0.2) is 0 Å². The second-order valence-electron chi connectivity index (χ2n) is 7.65. The molecule has 0 saturated carbocycles. The van der Waals surface area contributed by atoms with Crippen LogP contribution < -0.4 is 0 Å². The molecular weight excluding hydrogens is 288 g/mol. The summed E-state index contributed by atoms with van der Waals surface area (Å²) in [6.45, 7) is 21.5. The predicted molar refractivity (Wildman–Crippen MR) is 112 cm³/mol. The molecule has 2 rings (SSSR count). The third-order valence-electron chi connectivity index (χ3n) is 3.84. The van der Waals surface area contributed by atoms with Crippen molar-refractivity contribution in [2.45, 2.75) is 80.1 Å². The molecule has 0 heteroatoms. The third kappa shape index (κ3) is 6.51. The Hall–Kier alpha value is -1.56. The van der Waals surface area contributed by atoms with Crippen LogP contribution in [0.3, 0.4) is 0 Å². The highest BCUT2D eigenvalue weighted by atomic mass is 14.2. The van der Waals surface area contributed by atoms with Crippen molar-refractivity contribution >= 4 is 0 Å². The minimum atomic E-state index is 0.217. The van der Waals surface area contributed by atoms with Crippen LogP contribution in [0.2, 0.25) is 0 Å². The molecule has 2 aromatic rings. The monoisotopic (exact) mass is 326 g/mol. The molecule has 134 valence electrons. The lowest BCUT2D eigenvalue weighted by molar-refractivity contribution is 0.590. The second-order valence-corrected chi connectivity index (χ2v) is 7.65. The quantitative estimate of drug-likeness (QED) is 0.498. The number of benzene rings is 2. The van der Waals surface area contributed by atoms with Gasteiger partial charge in [0.2, 0.25) is 0 Å². The Morgan fingerprint density at radius 3 is 0.792 bits per heavy atom. The summed E-state index contributed by atoms with van der Waals surface area (Å²) < 4.78 is 0. The molecule has 0 aliphatic rings. The van der Waals surface area contributed by atoms with Crippen LogP contribution >= 0.6 is 0 Å². The zero-order valence-corrected chi connectivity index (χ0v) is 17.6. The van der Waals surface area contributed by atoms with Crippen LogP contribution in [0, 0.1) is 0 Å². The van der Waals surface area contributed by atoms with Crippen LogP contribution in [0.4, 0.5) is 0 Å². The minimum Gasteiger partial charge on any atom is -0.0683 e. The van der Waals surface area contributed by atoms with E-state index < -0.39 is 0 Å². The zero-order valence-electron chi connectivity index (χ0n) is 17.6. The molecule has 2 aromatic carbocycles. The summed E-state index contributed by atoms with van der Waals surface area (Å²) in [6.07, 6.45) is 0. The lowest BCUT2D eigenvalue weighted by Gasteiger charge is -2.20. The molecule has 0 aromatic heterocycles. The summed E-state index contributed by atoms with van der Waals surface area (Å²) in [7, 11) is 0. The lowest BCUT2D eigenvalue weighted by atomic mass is 9.85. The lowest BCUT2D eigenvalue weighted by Crippen LogP contribution is -2.10. The van der Waals surface area contributed by atoms with Crippen molar-refractivity contribution in [2.75, 3.05) is 0 Å². The molecule has 0 radical (unpaired) electrons. The fraction of sp³-hybridized carbons (Fsp3) is 0.500. The first kappa shape index (κ1) is 22.4. The van der Waals surface area contributed by atoms with Gasteiger partial charge >= 0.3 is 0 Å². The predicted octanol–water partition coefficient (Wildman–Crippen LogP) is 8.00. The Bertz CT molecular complexity index is 502. The number of rotatable bonds is 1. The van der Waals surface area contributed by atoms with E-state index in [2.05, 4.69) is 90.1 Å². The van der Waals surface area contributed by atoms with Crippen molar-refractivity contribution in [3.8, 4) is 11.1 Å². The maximum Gasteiger partial charge on any atom is -0.0132 e. The largest absolute Gasteiger partial charge is 0.0683 e. The van der Waals surface area contributed by atoms with Gasteiger partial charge in [-0.25, -0.2) is 0 Å². The molecule has 0 aliphatic carbocycles. The number of hydrogen-bond donors (Lipinski definition) is 0. The van der Waals surface area contributed by atoms with Gasteiger partial charge in [0.15, 0.2) is 0 Å². The van der Waals surface area contributed by atoms with E-state index in [0.29, 0.717) is 0 Å². The smallest absolute Gasteiger partial charge is 0.0132 e. The fourth-order valence-electron chi connectivity index (χ4n) is 2.33. The molecular formula is C24H38. The van der Waals surface area contributed by atoms with Crippen LogP contribution in [0.5, 0.6) is 0 Å². The third-order valence-corrected chi connectivity index (χ3v) is 3.84. The maximum absolute atomic E-state index is 2.25. The molecule has 0 saturated heterocycles. The van der Waals surface area contributed by atoms with Crippen molar-refractivity contribution in [1.82, 2.24) is 0 Å². The topological polar surface area (TPSA) is 0 Å². The molecule has 0 bridgehead atoms. The SMILES string of the molecule is CC.CC.CC(C)(C)c1ccc(-c2ccc(C(C)(C)C)cc2)cc1. The first-order valence-corrected chi connectivity index (χ1v) is 9.39. The first-order valence-electron chi connectivity index (χ1n) is 9.39. The highest BCUT2D eigenvalue weighted by molar-refractivity contribution is 5.64. The van der Waals surface area contributed by atoms with Gasteiger partial charge in [-0.2, -0.15) is 0 Å². The Morgan fingerprint density at radius 1 is 0.417 bits per heavy atom. The van der Waals surface area contributed by atoms with E-state index in [9.17, 15) is 0 Å². The molecule has 0 atom stereocenters. The Labute approximate surface area is 151 Å². The first-order chi connectivity index (χ1) is 11.2. The van der Waals surface area contributed by atoms with Gasteiger partial charge in [0.25, 0.3) is 0 Å². The molecule has 0 N–H and O–H groups in total. The summed E-state index contributed by atoms with van der Waals surface area (Å²) in [6, 6.07) is 17.9. The van der Waals surface area contributed by atoms with E-state index in [1.54, 1.807) is 0 Å². The standard InChI is InChI=1S/C20H26.2C2H6/c1-19(2,3)17-11-7-15(8-12-17)16-9-13-18(14-10-16)20(4,5)6;2*1-2/h7-14H,1-6H3;2*1-2H3. The van der Waals surface area contributed by atoms with Gasteiger partial charge in [0, 0.05) is 0 Å². The summed E-state index contributed by atoms with van der Waals surface area (Å²) in [5.41, 5.74) is 5.78. The molecule has 0 nitrogen and oxygen atoms in total. The van der Waals surface area contributed by atoms with Gasteiger partial charge in [0.1, 0.15) is 0 Å². The zero-order chi connectivity index (χ0) is 19.0. The van der Waals surface area contributed by atoms with E-state index in [4.69, 9.17) is 0 Å². The summed E-state index contributed by atoms with van der Waals surface area (Å²) in [5.74, 6) is 0. The second kappa shape index (κ2) is 9.67. The number of hydrogen-bond acceptors (Lipinski definition) is 0. The van der Waals surface area contributed by atoms with Crippen molar-refractivity contribution in [3.05, 3.63) is 59.7 Å². The summed E-state index contributed by atoms with van der Waals surface area (Å²) >= 11 is 0. The molecule has 0 spiro atoms. The van der Waals surface area contributed by atoms with Crippen LogP contribution in [-0.2, 0) is 10.8 Å². The summed E-state index contributed by atoms with van der Waals surface area (Å²) in [4.78, 5) is 0. The minimum absolute atomic E-state index is 0.217. The maximum atomic E-state index is 2.25. The highest BCUT2D eigenvalue weighted by Crippen LogP contribution is 2.28. The van der Waals surface area contributed by atoms with Crippen LogP contribution in [0.1, 0.15) is 80.4 Å². The van der Waals surface area contributed by atoms with Crippen molar-refractivity contribution in [3.63, 3.8) is 0 Å². The van der Waals surface area contributed by atoms with Gasteiger partial charge in [-0.05, 0) is 33.1 Å². The molecule has 0 amide bonds. The molecule has 0 heterocycles. The Morgan fingerprint density at radius 2 is 0.625 bits per heavy atom. The average molecular weight is 327 g/mol. The molecule has 0 fully saturated rings. The van der Waals surface area contributed by atoms with E-state index in [1.165, 1.54) is 22.3 Å². The highest BCUT2D eigenvalue weighted by Gasteiger charge is 2.14. The van der Waals surface area contributed by atoms with Crippen molar-refractivity contribution in [2.24, 2.45) is 0 Å². The normalized spacial score (nSPS) is 10.9. The van der Waals surface area contributed by atoms with Gasteiger partial charge in [-0.3, -0.25) is 0 Å². The van der Waals surface area contributed by atoms with Crippen LogP contribution in [0.15, 0.2) is 48.5 Å².